The molecule has 36 heavy (non-hydrogen) atoms. The van der Waals surface area contributed by atoms with E-state index in [4.69, 9.17) is 28.1 Å². The highest BCUT2D eigenvalue weighted by Gasteiger charge is 2.30. The van der Waals surface area contributed by atoms with Crippen LogP contribution in [0.25, 0.3) is 0 Å². The van der Waals surface area contributed by atoms with Gasteiger partial charge in [0.1, 0.15) is 12.2 Å². The van der Waals surface area contributed by atoms with E-state index in [9.17, 15) is 27.6 Å². The molecule has 18 heteroatoms. The molecule has 0 saturated heterocycles. The predicted octanol–water partition coefficient (Wildman–Crippen LogP) is 1.92. The molecular weight excluding hydrogens is 601 g/mol. The van der Waals surface area contributed by atoms with Crippen molar-refractivity contribution < 1.29 is 55.6 Å². The fourth-order valence-corrected chi connectivity index (χ4v) is 8.67. The van der Waals surface area contributed by atoms with E-state index in [-0.39, 0.29) is 11.5 Å². The van der Waals surface area contributed by atoms with Crippen LogP contribution in [0.15, 0.2) is 0 Å². The zero-order valence-electron chi connectivity index (χ0n) is 20.0. The molecule has 0 aliphatic heterocycles. The SMILES string of the molecule is CC(=O)O[C@@H](CSSCCSSC[C@H](OC(C)=O)[C@@H](CS(=O)O)OC(C)=O)[C@@H](CS(=O)O)OC(C)=O. The molecule has 2 unspecified atom stereocenters. The largest absolute Gasteiger partial charge is 0.458 e. The highest BCUT2D eigenvalue weighted by molar-refractivity contribution is 8.78. The summed E-state index contributed by atoms with van der Waals surface area (Å²) >= 11 is -4.52. The number of rotatable bonds is 19. The summed E-state index contributed by atoms with van der Waals surface area (Å²) in [4.78, 5) is 45.5. The molecule has 0 saturated carbocycles. The van der Waals surface area contributed by atoms with E-state index >= 15 is 0 Å². The lowest BCUT2D eigenvalue weighted by atomic mass is 10.2. The van der Waals surface area contributed by atoms with Crippen molar-refractivity contribution in [1.82, 2.24) is 0 Å². The number of carbonyl (C=O) groups is 4. The lowest BCUT2D eigenvalue weighted by Crippen LogP contribution is -2.40. The minimum Gasteiger partial charge on any atom is -0.458 e. The van der Waals surface area contributed by atoms with Crippen LogP contribution in [0.4, 0.5) is 0 Å². The van der Waals surface area contributed by atoms with Gasteiger partial charge in [-0.25, -0.2) is 8.42 Å². The second kappa shape index (κ2) is 20.5. The van der Waals surface area contributed by atoms with Gasteiger partial charge in [0.05, 0.1) is 11.5 Å². The Labute approximate surface area is 230 Å². The number of ether oxygens (including phenoxy) is 4. The van der Waals surface area contributed by atoms with Gasteiger partial charge in [0.25, 0.3) is 0 Å². The molecule has 0 bridgehead atoms. The molecule has 0 amide bonds. The monoisotopic (exact) mass is 630 g/mol. The maximum atomic E-state index is 11.4. The zero-order valence-corrected chi connectivity index (χ0v) is 24.9. The Morgan fingerprint density at radius 3 is 1.11 bits per heavy atom. The molecule has 0 aromatic carbocycles. The van der Waals surface area contributed by atoms with Gasteiger partial charge in [0.2, 0.25) is 0 Å². The molecule has 0 spiro atoms. The Morgan fingerprint density at radius 1 is 0.583 bits per heavy atom. The first kappa shape index (κ1) is 35.5. The fraction of sp³-hybridized carbons (Fsp3) is 0.778. The van der Waals surface area contributed by atoms with Crippen LogP contribution in [-0.4, -0.2) is 100 Å². The van der Waals surface area contributed by atoms with Crippen LogP contribution in [0.1, 0.15) is 27.7 Å². The Hall–Kier alpha value is -0.500. The number of hydrogen-bond acceptors (Lipinski definition) is 14. The van der Waals surface area contributed by atoms with E-state index in [1.54, 1.807) is 0 Å². The van der Waals surface area contributed by atoms with Gasteiger partial charge < -0.3 is 28.1 Å². The summed E-state index contributed by atoms with van der Waals surface area (Å²) in [7, 11) is 5.55. The van der Waals surface area contributed by atoms with E-state index in [0.29, 0.717) is 11.5 Å². The topological polar surface area (TPSA) is 180 Å². The van der Waals surface area contributed by atoms with Crippen LogP contribution < -0.4 is 0 Å². The van der Waals surface area contributed by atoms with Gasteiger partial charge in [-0.05, 0) is 0 Å². The van der Waals surface area contributed by atoms with Crippen molar-refractivity contribution in [3.05, 3.63) is 0 Å². The van der Waals surface area contributed by atoms with E-state index in [0.717, 1.165) is 13.8 Å². The van der Waals surface area contributed by atoms with Crippen molar-refractivity contribution in [2.75, 3.05) is 34.5 Å². The molecular formula is C18H30O12S6. The van der Waals surface area contributed by atoms with Crippen LogP contribution >= 0.6 is 43.2 Å². The molecule has 0 rings (SSSR count). The highest BCUT2D eigenvalue weighted by Crippen LogP contribution is 2.30. The molecule has 2 N–H and O–H groups in total. The third-order valence-electron chi connectivity index (χ3n) is 3.59. The van der Waals surface area contributed by atoms with Gasteiger partial charge in [0, 0.05) is 50.7 Å². The summed E-state index contributed by atoms with van der Waals surface area (Å²) in [5.41, 5.74) is 0. The van der Waals surface area contributed by atoms with E-state index < -0.39 is 82.0 Å². The Kier molecular flexibility index (Phi) is 20.2. The second-order valence-electron chi connectivity index (χ2n) is 6.78. The highest BCUT2D eigenvalue weighted by atomic mass is 33.1. The minimum absolute atomic E-state index is 0.216. The Morgan fingerprint density at radius 2 is 0.861 bits per heavy atom. The van der Waals surface area contributed by atoms with Crippen LogP contribution in [0.2, 0.25) is 0 Å². The van der Waals surface area contributed by atoms with Gasteiger partial charge in [-0.1, -0.05) is 43.2 Å². The quantitative estimate of drug-likeness (QED) is 0.0694. The van der Waals surface area contributed by atoms with Crippen molar-refractivity contribution in [2.24, 2.45) is 0 Å². The normalized spacial score (nSPS) is 16.1. The molecule has 12 nitrogen and oxygen atoms in total. The standard InChI is InChI=1S/C18H30O12S6/c1-11(19)27-15(17(9-35(23)24)29-13(3)21)7-33-31-5-6-32-34-8-16(28-12(2)20)18(10-36(25)26)30-14(4)22/h15-18H,5-10H2,1-4H3,(H,23,24)(H,25,26)/t15-,16-,17+,18+/m0/s1. The van der Waals surface area contributed by atoms with Gasteiger partial charge >= 0.3 is 23.9 Å². The summed E-state index contributed by atoms with van der Waals surface area (Å²) in [5.74, 6) is -1.62. The summed E-state index contributed by atoms with van der Waals surface area (Å²) < 4.78 is 61.2. The molecule has 0 aliphatic carbocycles. The summed E-state index contributed by atoms with van der Waals surface area (Å²) in [6.45, 7) is 4.68. The van der Waals surface area contributed by atoms with E-state index in [2.05, 4.69) is 0 Å². The molecule has 0 aromatic heterocycles. The van der Waals surface area contributed by atoms with Crippen LogP contribution in [0.5, 0.6) is 0 Å². The van der Waals surface area contributed by atoms with Crippen LogP contribution in [0.3, 0.4) is 0 Å². The van der Waals surface area contributed by atoms with Crippen molar-refractivity contribution in [1.29, 1.82) is 0 Å². The Bertz CT molecular complexity index is 673. The van der Waals surface area contributed by atoms with E-state index in [1.165, 1.54) is 57.0 Å². The number of hydrogen-bond donors (Lipinski definition) is 2. The van der Waals surface area contributed by atoms with Gasteiger partial charge in [-0.2, -0.15) is 0 Å². The molecule has 0 fully saturated rings. The minimum atomic E-state index is -2.26. The summed E-state index contributed by atoms with van der Waals surface area (Å²) in [6.07, 6.45) is -3.93. The average molecular weight is 631 g/mol. The van der Waals surface area contributed by atoms with Gasteiger partial charge in [-0.15, -0.1) is 0 Å². The third-order valence-corrected chi connectivity index (χ3v) is 9.90. The molecule has 0 aliphatic rings. The third kappa shape index (κ3) is 19.6. The Balaban J connectivity index is 4.64. The molecule has 0 heterocycles. The molecule has 0 aromatic rings. The number of esters is 4. The summed E-state index contributed by atoms with van der Waals surface area (Å²) in [5, 5.41) is 0. The first-order chi connectivity index (χ1) is 16.8. The van der Waals surface area contributed by atoms with E-state index in [1.807, 2.05) is 0 Å². The number of carbonyl (C=O) groups excluding carboxylic acids is 4. The van der Waals surface area contributed by atoms with Crippen molar-refractivity contribution >= 4 is 89.2 Å². The van der Waals surface area contributed by atoms with Crippen molar-refractivity contribution in [3.8, 4) is 0 Å². The predicted molar refractivity (Wildman–Crippen MR) is 143 cm³/mol. The smallest absolute Gasteiger partial charge is 0.303 e. The van der Waals surface area contributed by atoms with Crippen molar-refractivity contribution in [2.45, 2.75) is 52.1 Å². The maximum absolute atomic E-state index is 11.4. The van der Waals surface area contributed by atoms with Crippen LogP contribution in [-0.2, 0) is 60.3 Å². The van der Waals surface area contributed by atoms with Gasteiger partial charge in [0.15, 0.2) is 34.4 Å². The van der Waals surface area contributed by atoms with Crippen molar-refractivity contribution in [3.63, 3.8) is 0 Å². The maximum Gasteiger partial charge on any atom is 0.303 e. The summed E-state index contributed by atoms with van der Waals surface area (Å²) in [6, 6.07) is 0. The zero-order chi connectivity index (χ0) is 27.7. The lowest BCUT2D eigenvalue weighted by molar-refractivity contribution is -0.161. The molecule has 0 radical (unpaired) electrons. The average Bonchev–Trinajstić information content (AvgIpc) is 2.71. The fourth-order valence-electron chi connectivity index (χ4n) is 2.42. The molecule has 210 valence electrons. The second-order valence-corrected chi connectivity index (χ2v) is 14.0. The first-order valence-corrected chi connectivity index (χ1v) is 17.7. The lowest BCUT2D eigenvalue weighted by Gasteiger charge is -2.25. The van der Waals surface area contributed by atoms with Crippen LogP contribution in [0, 0.1) is 0 Å². The molecule has 6 atom stereocenters. The van der Waals surface area contributed by atoms with Gasteiger partial charge in [-0.3, -0.25) is 19.2 Å². The first-order valence-electron chi connectivity index (χ1n) is 10.1.